The number of hydrogen-bond acceptors (Lipinski definition) is 4. The van der Waals surface area contributed by atoms with Crippen molar-refractivity contribution in [1.82, 2.24) is 10.1 Å². The summed E-state index contributed by atoms with van der Waals surface area (Å²) in [5.41, 5.74) is 1.02. The molecule has 20 heavy (non-hydrogen) atoms. The highest BCUT2D eigenvalue weighted by Crippen LogP contribution is 2.39. The van der Waals surface area contributed by atoms with Crippen LogP contribution in [0, 0.1) is 0 Å². The monoisotopic (exact) mass is 292 g/mol. The molecule has 0 amide bonds. The van der Waals surface area contributed by atoms with Gasteiger partial charge in [0.05, 0.1) is 5.41 Å². The fourth-order valence-corrected chi connectivity index (χ4v) is 2.91. The number of rotatable bonds is 4. The normalized spacial score (nSPS) is 18.1. The molecular weight excluding hydrogens is 276 g/mol. The van der Waals surface area contributed by atoms with E-state index in [1.807, 2.05) is 18.2 Å². The van der Waals surface area contributed by atoms with Crippen molar-refractivity contribution in [3.8, 4) is 0 Å². The van der Waals surface area contributed by atoms with Gasteiger partial charge in [0.25, 0.3) is 0 Å². The van der Waals surface area contributed by atoms with Crippen LogP contribution in [0.2, 0.25) is 0 Å². The van der Waals surface area contributed by atoms with Gasteiger partial charge < -0.3 is 9.26 Å². The molecule has 1 aromatic carbocycles. The van der Waals surface area contributed by atoms with Gasteiger partial charge in [0.2, 0.25) is 5.89 Å². The van der Waals surface area contributed by atoms with E-state index >= 15 is 0 Å². The number of ether oxygens (including phenoxy) is 1. The molecule has 1 aliphatic rings. The highest BCUT2D eigenvalue weighted by Gasteiger charge is 2.40. The van der Waals surface area contributed by atoms with Crippen LogP contribution in [0.4, 0.5) is 0 Å². The number of halogens is 1. The third-order valence-electron chi connectivity index (χ3n) is 3.88. The van der Waals surface area contributed by atoms with Crippen LogP contribution in [-0.2, 0) is 16.6 Å². The van der Waals surface area contributed by atoms with E-state index in [2.05, 4.69) is 22.3 Å². The van der Waals surface area contributed by atoms with Gasteiger partial charge in [-0.1, -0.05) is 35.5 Å². The zero-order valence-electron chi connectivity index (χ0n) is 11.2. The number of aryl methyl sites for hydroxylation is 1. The summed E-state index contributed by atoms with van der Waals surface area (Å²) >= 11 is 5.74. The number of alkyl halides is 1. The van der Waals surface area contributed by atoms with Crippen molar-refractivity contribution in [2.75, 3.05) is 19.1 Å². The van der Waals surface area contributed by atoms with E-state index in [1.54, 1.807) is 0 Å². The molecular formula is C15H17ClN2O2. The van der Waals surface area contributed by atoms with Gasteiger partial charge in [-0.2, -0.15) is 4.98 Å². The molecule has 0 N–H and O–H groups in total. The molecule has 0 saturated carbocycles. The summed E-state index contributed by atoms with van der Waals surface area (Å²) in [7, 11) is 0. The van der Waals surface area contributed by atoms with Crippen molar-refractivity contribution in [2.24, 2.45) is 0 Å². The minimum atomic E-state index is -0.201. The van der Waals surface area contributed by atoms with E-state index in [-0.39, 0.29) is 5.41 Å². The second-order valence-electron chi connectivity index (χ2n) is 5.01. The van der Waals surface area contributed by atoms with Crippen LogP contribution in [0.5, 0.6) is 0 Å². The predicted molar refractivity (Wildman–Crippen MR) is 76.0 cm³/mol. The minimum absolute atomic E-state index is 0.201. The molecule has 0 aliphatic carbocycles. The van der Waals surface area contributed by atoms with Crippen LogP contribution in [0.15, 0.2) is 34.9 Å². The lowest BCUT2D eigenvalue weighted by molar-refractivity contribution is 0.0597. The van der Waals surface area contributed by atoms with Crippen molar-refractivity contribution in [2.45, 2.75) is 24.7 Å². The SMILES string of the molecule is ClCCc1nc(C2(c3ccccc3)CCOCC2)no1. The summed E-state index contributed by atoms with van der Waals surface area (Å²) in [6.07, 6.45) is 2.35. The molecule has 0 radical (unpaired) electrons. The minimum Gasteiger partial charge on any atom is -0.381 e. The molecule has 5 heteroatoms. The topological polar surface area (TPSA) is 48.2 Å². The van der Waals surface area contributed by atoms with Crippen molar-refractivity contribution >= 4 is 11.6 Å². The Hall–Kier alpha value is -1.39. The molecule has 2 aromatic rings. The number of benzene rings is 1. The second-order valence-corrected chi connectivity index (χ2v) is 5.39. The van der Waals surface area contributed by atoms with E-state index in [0.29, 0.717) is 31.4 Å². The zero-order valence-corrected chi connectivity index (χ0v) is 12.0. The molecule has 1 aliphatic heterocycles. The molecule has 1 aromatic heterocycles. The number of nitrogens with zero attached hydrogens (tertiary/aromatic N) is 2. The predicted octanol–water partition coefficient (Wildman–Crippen LogP) is 2.95. The lowest BCUT2D eigenvalue weighted by atomic mass is 9.73. The molecule has 2 heterocycles. The average Bonchev–Trinajstić information content (AvgIpc) is 2.98. The van der Waals surface area contributed by atoms with Gasteiger partial charge in [0.1, 0.15) is 0 Å². The first-order valence-corrected chi connectivity index (χ1v) is 7.41. The first-order valence-electron chi connectivity index (χ1n) is 6.87. The second kappa shape index (κ2) is 5.94. The van der Waals surface area contributed by atoms with Gasteiger partial charge in [-0.25, -0.2) is 0 Å². The number of hydrogen-bond donors (Lipinski definition) is 0. The molecule has 0 bridgehead atoms. The largest absolute Gasteiger partial charge is 0.381 e. The average molecular weight is 293 g/mol. The highest BCUT2D eigenvalue weighted by atomic mass is 35.5. The Kier molecular flexibility index (Phi) is 4.03. The Balaban J connectivity index is 2.00. The number of aromatic nitrogens is 2. The summed E-state index contributed by atoms with van der Waals surface area (Å²) in [4.78, 5) is 4.55. The van der Waals surface area contributed by atoms with Gasteiger partial charge in [-0.15, -0.1) is 11.6 Å². The van der Waals surface area contributed by atoms with E-state index in [1.165, 1.54) is 5.56 Å². The molecule has 1 fully saturated rings. The van der Waals surface area contributed by atoms with Crippen LogP contribution in [-0.4, -0.2) is 29.2 Å². The van der Waals surface area contributed by atoms with Crippen LogP contribution in [0.25, 0.3) is 0 Å². The standard InChI is InChI=1S/C15H17ClN2O2/c16-9-6-13-17-14(18-20-13)15(7-10-19-11-8-15)12-4-2-1-3-5-12/h1-5H,6-11H2. The summed E-state index contributed by atoms with van der Waals surface area (Å²) < 4.78 is 10.8. The lowest BCUT2D eigenvalue weighted by Crippen LogP contribution is -2.36. The molecule has 4 nitrogen and oxygen atoms in total. The Morgan fingerprint density at radius 1 is 1.15 bits per heavy atom. The van der Waals surface area contributed by atoms with Crippen molar-refractivity contribution in [3.63, 3.8) is 0 Å². The maximum Gasteiger partial charge on any atom is 0.227 e. The van der Waals surface area contributed by atoms with Crippen molar-refractivity contribution < 1.29 is 9.26 Å². The summed E-state index contributed by atoms with van der Waals surface area (Å²) in [6.45, 7) is 1.43. The maximum atomic E-state index is 5.74. The van der Waals surface area contributed by atoms with Gasteiger partial charge in [0, 0.05) is 25.5 Å². The molecule has 0 unspecified atom stereocenters. The first-order chi connectivity index (χ1) is 9.85. The van der Waals surface area contributed by atoms with Crippen molar-refractivity contribution in [1.29, 1.82) is 0 Å². The lowest BCUT2D eigenvalue weighted by Gasteiger charge is -2.34. The quantitative estimate of drug-likeness (QED) is 0.813. The van der Waals surface area contributed by atoms with E-state index in [9.17, 15) is 0 Å². The fraction of sp³-hybridized carbons (Fsp3) is 0.467. The molecule has 0 spiro atoms. The Labute approximate surface area is 123 Å². The molecule has 0 atom stereocenters. The van der Waals surface area contributed by atoms with Crippen LogP contribution in [0.3, 0.4) is 0 Å². The Morgan fingerprint density at radius 3 is 2.60 bits per heavy atom. The third kappa shape index (κ3) is 2.45. The van der Waals surface area contributed by atoms with E-state index in [0.717, 1.165) is 18.7 Å². The van der Waals surface area contributed by atoms with E-state index < -0.39 is 0 Å². The van der Waals surface area contributed by atoms with Crippen LogP contribution in [0.1, 0.15) is 30.1 Å². The highest BCUT2D eigenvalue weighted by molar-refractivity contribution is 6.17. The van der Waals surface area contributed by atoms with Gasteiger partial charge in [-0.3, -0.25) is 0 Å². The smallest absolute Gasteiger partial charge is 0.227 e. The fourth-order valence-electron chi connectivity index (χ4n) is 2.75. The Bertz CT molecular complexity index is 550. The van der Waals surface area contributed by atoms with Gasteiger partial charge >= 0.3 is 0 Å². The van der Waals surface area contributed by atoms with Crippen molar-refractivity contribution in [3.05, 3.63) is 47.6 Å². The van der Waals surface area contributed by atoms with Gasteiger partial charge in [0.15, 0.2) is 5.82 Å². The summed E-state index contributed by atoms with van der Waals surface area (Å²) in [6, 6.07) is 10.4. The third-order valence-corrected chi connectivity index (χ3v) is 4.07. The zero-order chi connectivity index (χ0) is 13.8. The maximum absolute atomic E-state index is 5.74. The van der Waals surface area contributed by atoms with Crippen LogP contribution >= 0.6 is 11.6 Å². The Morgan fingerprint density at radius 2 is 1.90 bits per heavy atom. The first kappa shape index (κ1) is 13.6. The molecule has 1 saturated heterocycles. The van der Waals surface area contributed by atoms with Crippen LogP contribution < -0.4 is 0 Å². The van der Waals surface area contributed by atoms with E-state index in [4.69, 9.17) is 20.9 Å². The summed E-state index contributed by atoms with van der Waals surface area (Å²) in [5.74, 6) is 1.85. The summed E-state index contributed by atoms with van der Waals surface area (Å²) in [5, 5.41) is 4.21. The van der Waals surface area contributed by atoms with Gasteiger partial charge in [-0.05, 0) is 18.4 Å². The molecule has 106 valence electrons. The molecule has 3 rings (SSSR count).